The quantitative estimate of drug-likeness (QED) is 0.848. The summed E-state index contributed by atoms with van der Waals surface area (Å²) < 4.78 is 0. The van der Waals surface area contributed by atoms with Crippen LogP contribution in [0.1, 0.15) is 21.5 Å². The van der Waals surface area contributed by atoms with Gasteiger partial charge in [0.1, 0.15) is 0 Å². The summed E-state index contributed by atoms with van der Waals surface area (Å²) in [5, 5.41) is 3.41. The average molecular weight is 294 g/mol. The fraction of sp³-hybridized carbons (Fsp3) is 0.133. The minimum atomic E-state index is -0.140. The lowest BCUT2D eigenvalue weighted by Crippen LogP contribution is -2.22. The van der Waals surface area contributed by atoms with Crippen LogP contribution in [0.4, 0.5) is 0 Å². The Kier molecular flexibility index (Phi) is 4.83. The van der Waals surface area contributed by atoms with Crippen LogP contribution in [0.25, 0.3) is 0 Å². The fourth-order valence-electron chi connectivity index (χ4n) is 1.74. The molecular weight excluding hydrogens is 281 g/mol. The predicted molar refractivity (Wildman–Crippen MR) is 78.6 cm³/mol. The molecule has 2 aromatic carbocycles. The first-order chi connectivity index (χ1) is 9.19. The molecule has 0 saturated carbocycles. The molecular formula is C15H13Cl2NO. The van der Waals surface area contributed by atoms with E-state index in [-0.39, 0.29) is 5.91 Å². The predicted octanol–water partition coefficient (Wildman–Crippen LogP) is 4.01. The van der Waals surface area contributed by atoms with Crippen LogP contribution < -0.4 is 5.32 Å². The summed E-state index contributed by atoms with van der Waals surface area (Å²) in [6, 6.07) is 14.7. The Hall–Kier alpha value is -1.51. The van der Waals surface area contributed by atoms with Crippen LogP contribution in [0, 0.1) is 0 Å². The summed E-state index contributed by atoms with van der Waals surface area (Å²) in [6.45, 7) is 0.468. The van der Waals surface area contributed by atoms with Gasteiger partial charge in [-0.05, 0) is 29.3 Å². The zero-order chi connectivity index (χ0) is 13.7. The number of amides is 1. The molecule has 2 rings (SSSR count). The maximum atomic E-state index is 11.9. The Bertz CT molecular complexity index is 584. The standard InChI is InChI=1S/C15H13Cl2NO/c16-9-11-3-1-4-12(7-11)10-18-15(19)13-5-2-6-14(17)8-13/h1-8H,9-10H2,(H,18,19). The second kappa shape index (κ2) is 6.60. The molecule has 98 valence electrons. The molecule has 1 N–H and O–H groups in total. The molecule has 0 atom stereocenters. The molecule has 0 unspecified atom stereocenters. The second-order valence-corrected chi connectivity index (χ2v) is 4.85. The van der Waals surface area contributed by atoms with Gasteiger partial charge in [-0.2, -0.15) is 0 Å². The number of alkyl halides is 1. The number of carbonyl (C=O) groups excluding carboxylic acids is 1. The van der Waals surface area contributed by atoms with Gasteiger partial charge in [0.25, 0.3) is 5.91 Å². The van der Waals surface area contributed by atoms with Gasteiger partial charge in [-0.3, -0.25) is 4.79 Å². The van der Waals surface area contributed by atoms with E-state index in [2.05, 4.69) is 5.32 Å². The van der Waals surface area contributed by atoms with Crippen molar-refractivity contribution in [2.24, 2.45) is 0 Å². The van der Waals surface area contributed by atoms with Crippen LogP contribution in [-0.2, 0) is 12.4 Å². The summed E-state index contributed by atoms with van der Waals surface area (Å²) in [7, 11) is 0. The van der Waals surface area contributed by atoms with Gasteiger partial charge in [-0.25, -0.2) is 0 Å². The monoisotopic (exact) mass is 293 g/mol. The zero-order valence-corrected chi connectivity index (χ0v) is 11.7. The van der Waals surface area contributed by atoms with Crippen molar-refractivity contribution < 1.29 is 4.79 Å². The molecule has 0 heterocycles. The van der Waals surface area contributed by atoms with E-state index >= 15 is 0 Å². The van der Waals surface area contributed by atoms with Crippen molar-refractivity contribution >= 4 is 29.1 Å². The smallest absolute Gasteiger partial charge is 0.251 e. The van der Waals surface area contributed by atoms with Crippen LogP contribution in [0.2, 0.25) is 5.02 Å². The molecule has 0 aliphatic carbocycles. The molecule has 19 heavy (non-hydrogen) atoms. The maximum Gasteiger partial charge on any atom is 0.251 e. The third kappa shape index (κ3) is 3.98. The van der Waals surface area contributed by atoms with Crippen molar-refractivity contribution in [1.82, 2.24) is 5.32 Å². The van der Waals surface area contributed by atoms with Crippen LogP contribution in [0.3, 0.4) is 0 Å². The van der Waals surface area contributed by atoms with E-state index < -0.39 is 0 Å². The summed E-state index contributed by atoms with van der Waals surface area (Å²) in [4.78, 5) is 11.9. The van der Waals surface area contributed by atoms with Gasteiger partial charge in [-0.1, -0.05) is 41.9 Å². The van der Waals surface area contributed by atoms with Gasteiger partial charge in [0.2, 0.25) is 0 Å². The van der Waals surface area contributed by atoms with E-state index in [1.165, 1.54) is 0 Å². The number of rotatable bonds is 4. The zero-order valence-electron chi connectivity index (χ0n) is 10.2. The van der Waals surface area contributed by atoms with Gasteiger partial charge >= 0.3 is 0 Å². The topological polar surface area (TPSA) is 29.1 Å². The Balaban J connectivity index is 2.00. The number of carbonyl (C=O) groups is 1. The van der Waals surface area contributed by atoms with Crippen molar-refractivity contribution in [3.05, 3.63) is 70.2 Å². The fourth-order valence-corrected chi connectivity index (χ4v) is 2.09. The molecule has 0 aliphatic heterocycles. The lowest BCUT2D eigenvalue weighted by Gasteiger charge is -2.06. The lowest BCUT2D eigenvalue weighted by molar-refractivity contribution is 0.0951. The van der Waals surface area contributed by atoms with E-state index in [4.69, 9.17) is 23.2 Å². The highest BCUT2D eigenvalue weighted by molar-refractivity contribution is 6.30. The second-order valence-electron chi connectivity index (χ2n) is 4.15. The van der Waals surface area contributed by atoms with Crippen LogP contribution in [-0.4, -0.2) is 5.91 Å². The molecule has 2 aromatic rings. The van der Waals surface area contributed by atoms with E-state index in [0.29, 0.717) is 23.0 Å². The van der Waals surface area contributed by atoms with Gasteiger partial charge in [0.15, 0.2) is 0 Å². The summed E-state index contributed by atoms with van der Waals surface area (Å²) >= 11 is 11.6. The first-order valence-corrected chi connectivity index (χ1v) is 6.78. The van der Waals surface area contributed by atoms with E-state index in [9.17, 15) is 4.79 Å². The Labute approximate surface area is 122 Å². The third-order valence-corrected chi connectivity index (χ3v) is 3.23. The summed E-state index contributed by atoms with van der Waals surface area (Å²) in [6.07, 6.45) is 0. The molecule has 0 fully saturated rings. The molecule has 1 amide bonds. The SMILES string of the molecule is O=C(NCc1cccc(CCl)c1)c1cccc(Cl)c1. The molecule has 0 radical (unpaired) electrons. The van der Waals surface area contributed by atoms with Crippen molar-refractivity contribution in [3.63, 3.8) is 0 Å². The van der Waals surface area contributed by atoms with Crippen molar-refractivity contribution in [2.45, 2.75) is 12.4 Å². The highest BCUT2D eigenvalue weighted by Crippen LogP contribution is 2.11. The first kappa shape index (κ1) is 13.9. The number of halogens is 2. The van der Waals surface area contributed by atoms with Gasteiger partial charge in [0, 0.05) is 23.0 Å². The van der Waals surface area contributed by atoms with E-state index in [0.717, 1.165) is 11.1 Å². The van der Waals surface area contributed by atoms with Gasteiger partial charge < -0.3 is 5.32 Å². The molecule has 0 spiro atoms. The minimum Gasteiger partial charge on any atom is -0.348 e. The molecule has 0 aromatic heterocycles. The molecule has 2 nitrogen and oxygen atoms in total. The molecule has 0 bridgehead atoms. The Morgan fingerprint density at radius 3 is 2.53 bits per heavy atom. The Morgan fingerprint density at radius 1 is 1.05 bits per heavy atom. The number of hydrogen-bond donors (Lipinski definition) is 1. The molecule has 4 heteroatoms. The Morgan fingerprint density at radius 2 is 1.79 bits per heavy atom. The number of nitrogens with one attached hydrogen (secondary N) is 1. The minimum absolute atomic E-state index is 0.140. The van der Waals surface area contributed by atoms with Gasteiger partial charge in [0.05, 0.1) is 0 Å². The highest BCUT2D eigenvalue weighted by atomic mass is 35.5. The lowest BCUT2D eigenvalue weighted by atomic mass is 10.1. The third-order valence-electron chi connectivity index (χ3n) is 2.69. The van der Waals surface area contributed by atoms with Crippen molar-refractivity contribution in [3.8, 4) is 0 Å². The number of benzene rings is 2. The normalized spacial score (nSPS) is 10.2. The average Bonchev–Trinajstić information content (AvgIpc) is 2.45. The molecule has 0 aliphatic rings. The number of hydrogen-bond acceptors (Lipinski definition) is 1. The van der Waals surface area contributed by atoms with Crippen molar-refractivity contribution in [2.75, 3.05) is 0 Å². The van der Waals surface area contributed by atoms with Gasteiger partial charge in [-0.15, -0.1) is 11.6 Å². The summed E-state index contributed by atoms with van der Waals surface area (Å²) in [5.41, 5.74) is 2.62. The van der Waals surface area contributed by atoms with E-state index in [1.807, 2.05) is 24.3 Å². The summed E-state index contributed by atoms with van der Waals surface area (Å²) in [5.74, 6) is 0.328. The first-order valence-electron chi connectivity index (χ1n) is 5.86. The largest absolute Gasteiger partial charge is 0.348 e. The molecule has 0 saturated heterocycles. The highest BCUT2D eigenvalue weighted by Gasteiger charge is 2.05. The van der Waals surface area contributed by atoms with Crippen LogP contribution in [0.15, 0.2) is 48.5 Å². The van der Waals surface area contributed by atoms with Crippen molar-refractivity contribution in [1.29, 1.82) is 0 Å². The van der Waals surface area contributed by atoms with E-state index in [1.54, 1.807) is 24.3 Å². The maximum absolute atomic E-state index is 11.9. The van der Waals surface area contributed by atoms with Crippen LogP contribution >= 0.6 is 23.2 Å². The van der Waals surface area contributed by atoms with Crippen LogP contribution in [0.5, 0.6) is 0 Å².